The highest BCUT2D eigenvalue weighted by molar-refractivity contribution is 7.99. The van der Waals surface area contributed by atoms with E-state index in [0.717, 1.165) is 11.3 Å². The third-order valence-corrected chi connectivity index (χ3v) is 5.09. The van der Waals surface area contributed by atoms with Crippen molar-refractivity contribution < 1.29 is 14.3 Å². The molecule has 2 aromatic carbocycles. The number of carbonyl (C=O) groups is 1. The second kappa shape index (κ2) is 9.48. The molecule has 0 radical (unpaired) electrons. The van der Waals surface area contributed by atoms with Gasteiger partial charge >= 0.3 is 0 Å². The number of rotatable bonds is 8. The number of nitrogens with one attached hydrogen (secondary N) is 1. The molecule has 0 saturated carbocycles. The molecule has 0 aliphatic rings. The molecule has 1 atom stereocenters. The lowest BCUT2D eigenvalue weighted by atomic mass is 10.2. The molecule has 0 fully saturated rings. The van der Waals surface area contributed by atoms with Gasteiger partial charge in [0.25, 0.3) is 0 Å². The van der Waals surface area contributed by atoms with Crippen LogP contribution in [0.2, 0.25) is 0 Å². The van der Waals surface area contributed by atoms with E-state index in [1.54, 1.807) is 12.1 Å². The Bertz CT molecular complexity index is 912. The summed E-state index contributed by atoms with van der Waals surface area (Å²) in [4.78, 5) is 12.2. The highest BCUT2D eigenvalue weighted by Crippen LogP contribution is 2.28. The van der Waals surface area contributed by atoms with E-state index in [4.69, 9.17) is 0 Å². The highest BCUT2D eigenvalue weighted by atomic mass is 32.2. The zero-order valence-electron chi connectivity index (χ0n) is 15.4. The number of thioether (sulfide) groups is 1. The predicted octanol–water partition coefficient (Wildman–Crippen LogP) is 3.05. The minimum atomic E-state index is -0.324. The monoisotopic (exact) mass is 400 g/mol. The van der Waals surface area contributed by atoms with Crippen LogP contribution in [0.3, 0.4) is 0 Å². The molecule has 0 saturated heterocycles. The molecule has 0 aliphatic heterocycles. The number of aliphatic hydroxyl groups is 1. The van der Waals surface area contributed by atoms with Crippen molar-refractivity contribution in [1.29, 1.82) is 0 Å². The molecule has 0 spiro atoms. The Labute approximate surface area is 166 Å². The first-order valence-corrected chi connectivity index (χ1v) is 9.90. The summed E-state index contributed by atoms with van der Waals surface area (Å²) in [6.07, 6.45) is 0.655. The molecule has 1 unspecified atom stereocenters. The largest absolute Gasteiger partial charge is 0.394 e. The number of halogens is 1. The zero-order valence-corrected chi connectivity index (χ0v) is 16.2. The fourth-order valence-corrected chi connectivity index (χ4v) is 3.40. The topological polar surface area (TPSA) is 80.0 Å². The van der Waals surface area contributed by atoms with Crippen LogP contribution in [-0.4, -0.2) is 44.2 Å². The van der Waals surface area contributed by atoms with Crippen molar-refractivity contribution in [2.45, 2.75) is 24.5 Å². The van der Waals surface area contributed by atoms with Gasteiger partial charge in [-0.2, -0.15) is 0 Å². The SMILES string of the molecule is CCC(CO)NC(=O)CSc1nnc(-c2ccc(F)cc2)n1-c1ccccc1. The number of amides is 1. The fourth-order valence-electron chi connectivity index (χ4n) is 2.64. The molecule has 2 N–H and O–H groups in total. The van der Waals surface area contributed by atoms with Crippen molar-refractivity contribution in [1.82, 2.24) is 20.1 Å². The van der Waals surface area contributed by atoms with Gasteiger partial charge in [0, 0.05) is 11.3 Å². The Morgan fingerprint density at radius 3 is 2.54 bits per heavy atom. The van der Waals surface area contributed by atoms with Gasteiger partial charge in [-0.15, -0.1) is 10.2 Å². The first-order valence-electron chi connectivity index (χ1n) is 8.92. The standard InChI is InChI=1S/C20H21FN4O2S/c1-2-16(12-26)22-18(27)13-28-20-24-23-19(14-8-10-15(21)11-9-14)25(20)17-6-4-3-5-7-17/h3-11,16,26H,2,12-13H2,1H3,(H,22,27). The maximum absolute atomic E-state index is 13.3. The van der Waals surface area contributed by atoms with Crippen molar-refractivity contribution >= 4 is 17.7 Å². The van der Waals surface area contributed by atoms with Crippen LogP contribution in [0.5, 0.6) is 0 Å². The van der Waals surface area contributed by atoms with Crippen molar-refractivity contribution in [3.63, 3.8) is 0 Å². The maximum Gasteiger partial charge on any atom is 0.230 e. The molecule has 3 aromatic rings. The van der Waals surface area contributed by atoms with E-state index in [1.807, 2.05) is 41.8 Å². The molecule has 8 heteroatoms. The van der Waals surface area contributed by atoms with Gasteiger partial charge in [0.1, 0.15) is 5.82 Å². The van der Waals surface area contributed by atoms with Crippen LogP contribution in [0.15, 0.2) is 59.8 Å². The summed E-state index contributed by atoms with van der Waals surface area (Å²) in [7, 11) is 0. The fraction of sp³-hybridized carbons (Fsp3) is 0.250. The van der Waals surface area contributed by atoms with Gasteiger partial charge < -0.3 is 10.4 Å². The van der Waals surface area contributed by atoms with Crippen molar-refractivity contribution in [2.75, 3.05) is 12.4 Å². The number of aliphatic hydroxyl groups excluding tert-OH is 1. The molecule has 3 rings (SSSR count). The number of para-hydroxylation sites is 1. The summed E-state index contributed by atoms with van der Waals surface area (Å²) >= 11 is 1.25. The highest BCUT2D eigenvalue weighted by Gasteiger charge is 2.18. The van der Waals surface area contributed by atoms with Crippen molar-refractivity contribution in [2.24, 2.45) is 0 Å². The second-order valence-electron chi connectivity index (χ2n) is 6.13. The smallest absolute Gasteiger partial charge is 0.230 e. The number of nitrogens with zero attached hydrogens (tertiary/aromatic N) is 3. The van der Waals surface area contributed by atoms with Gasteiger partial charge in [0.15, 0.2) is 11.0 Å². The molecule has 6 nitrogen and oxygen atoms in total. The number of benzene rings is 2. The van der Waals surface area contributed by atoms with Gasteiger partial charge in [-0.25, -0.2) is 4.39 Å². The molecule has 0 bridgehead atoms. The number of aromatic nitrogens is 3. The average molecular weight is 400 g/mol. The molecule has 1 aromatic heterocycles. The van der Waals surface area contributed by atoms with Crippen LogP contribution < -0.4 is 5.32 Å². The van der Waals surface area contributed by atoms with E-state index in [9.17, 15) is 14.3 Å². The van der Waals surface area contributed by atoms with Crippen LogP contribution in [0.4, 0.5) is 4.39 Å². The average Bonchev–Trinajstić information content (AvgIpc) is 3.15. The van der Waals surface area contributed by atoms with Crippen LogP contribution >= 0.6 is 11.8 Å². The Morgan fingerprint density at radius 2 is 1.89 bits per heavy atom. The molecule has 0 aliphatic carbocycles. The maximum atomic E-state index is 13.3. The Balaban J connectivity index is 1.87. The first kappa shape index (κ1) is 20.0. The van der Waals surface area contributed by atoms with Crippen molar-refractivity contribution in [3.8, 4) is 17.1 Å². The lowest BCUT2D eigenvalue weighted by molar-refractivity contribution is -0.119. The molecule has 146 valence electrons. The number of hydrogen-bond donors (Lipinski definition) is 2. The lowest BCUT2D eigenvalue weighted by Gasteiger charge is -2.14. The normalized spacial score (nSPS) is 12.0. The van der Waals surface area contributed by atoms with Gasteiger partial charge in [-0.05, 0) is 42.8 Å². The van der Waals surface area contributed by atoms with E-state index < -0.39 is 0 Å². The minimum Gasteiger partial charge on any atom is -0.394 e. The van der Waals surface area contributed by atoms with E-state index in [-0.39, 0.29) is 30.1 Å². The summed E-state index contributed by atoms with van der Waals surface area (Å²) in [5.74, 6) is 0.202. The summed E-state index contributed by atoms with van der Waals surface area (Å²) in [6.45, 7) is 1.80. The molecule has 1 amide bonds. The lowest BCUT2D eigenvalue weighted by Crippen LogP contribution is -2.38. The molecule has 28 heavy (non-hydrogen) atoms. The van der Waals surface area contributed by atoms with Crippen LogP contribution in [0.25, 0.3) is 17.1 Å². The van der Waals surface area contributed by atoms with Gasteiger partial charge in [-0.1, -0.05) is 36.9 Å². The summed E-state index contributed by atoms with van der Waals surface area (Å²) in [5, 5.41) is 21.1. The van der Waals surface area contributed by atoms with Crippen molar-refractivity contribution in [3.05, 3.63) is 60.4 Å². The zero-order chi connectivity index (χ0) is 19.9. The first-order chi connectivity index (χ1) is 13.6. The van der Waals surface area contributed by atoms with Crippen LogP contribution in [0.1, 0.15) is 13.3 Å². The quantitative estimate of drug-likeness (QED) is 0.568. The van der Waals surface area contributed by atoms with E-state index >= 15 is 0 Å². The minimum absolute atomic E-state index is 0.0954. The summed E-state index contributed by atoms with van der Waals surface area (Å²) < 4.78 is 15.1. The van der Waals surface area contributed by atoms with Gasteiger partial charge in [-0.3, -0.25) is 9.36 Å². The van der Waals surface area contributed by atoms with E-state index in [2.05, 4.69) is 15.5 Å². The van der Waals surface area contributed by atoms with Crippen LogP contribution in [0, 0.1) is 5.82 Å². The number of carbonyl (C=O) groups excluding carboxylic acids is 1. The Kier molecular flexibility index (Phi) is 6.78. The Morgan fingerprint density at radius 1 is 1.18 bits per heavy atom. The van der Waals surface area contributed by atoms with Gasteiger partial charge in [0.2, 0.25) is 5.91 Å². The second-order valence-corrected chi connectivity index (χ2v) is 7.07. The van der Waals surface area contributed by atoms with Crippen LogP contribution in [-0.2, 0) is 4.79 Å². The predicted molar refractivity (Wildman–Crippen MR) is 107 cm³/mol. The van der Waals surface area contributed by atoms with E-state index in [1.165, 1.54) is 23.9 Å². The number of hydrogen-bond acceptors (Lipinski definition) is 5. The van der Waals surface area contributed by atoms with Gasteiger partial charge in [0.05, 0.1) is 18.4 Å². The summed E-state index contributed by atoms with van der Waals surface area (Å²) in [5.41, 5.74) is 1.57. The third kappa shape index (κ3) is 4.76. The van der Waals surface area contributed by atoms with E-state index in [0.29, 0.717) is 17.4 Å². The third-order valence-electron chi connectivity index (χ3n) is 4.16. The molecular weight excluding hydrogens is 379 g/mol. The molecule has 1 heterocycles. The molecular formula is C20H21FN4O2S. The Hall–Kier alpha value is -2.71. The summed E-state index contributed by atoms with van der Waals surface area (Å²) in [6, 6.07) is 15.3.